The molecule has 0 fully saturated rings. The third-order valence-electron chi connectivity index (χ3n) is 5.37. The van der Waals surface area contributed by atoms with Gasteiger partial charge in [0.1, 0.15) is 5.82 Å². The number of carbonyl (C=O) groups is 1. The molecule has 0 aliphatic rings. The van der Waals surface area contributed by atoms with Gasteiger partial charge in [0, 0.05) is 29.1 Å². The summed E-state index contributed by atoms with van der Waals surface area (Å²) in [4.78, 5) is 23.9. The number of hydrogen-bond acceptors (Lipinski definition) is 2. The minimum Gasteiger partial charge on any atom is -0.361 e. The van der Waals surface area contributed by atoms with Crippen molar-refractivity contribution in [2.75, 3.05) is 5.32 Å². The van der Waals surface area contributed by atoms with E-state index in [1.54, 1.807) is 0 Å². The van der Waals surface area contributed by atoms with Crippen LogP contribution in [0.1, 0.15) is 18.4 Å². The number of aromatic nitrogens is 3. The number of anilines is 1. The van der Waals surface area contributed by atoms with Crippen LogP contribution in [-0.4, -0.2) is 20.9 Å². The Labute approximate surface area is 174 Å². The van der Waals surface area contributed by atoms with Gasteiger partial charge in [-0.3, -0.25) is 4.79 Å². The van der Waals surface area contributed by atoms with Crippen molar-refractivity contribution in [1.82, 2.24) is 15.0 Å². The van der Waals surface area contributed by atoms with Crippen LogP contribution in [0.4, 0.5) is 5.69 Å². The summed E-state index contributed by atoms with van der Waals surface area (Å²) in [6.07, 6.45) is 4.16. The first-order valence-electron chi connectivity index (χ1n) is 10.2. The van der Waals surface area contributed by atoms with Crippen molar-refractivity contribution >= 4 is 33.5 Å². The zero-order valence-corrected chi connectivity index (χ0v) is 16.5. The summed E-state index contributed by atoms with van der Waals surface area (Å²) in [5.74, 6) is 0.768. The van der Waals surface area contributed by atoms with Crippen molar-refractivity contribution in [2.24, 2.45) is 0 Å². The molecule has 2 aromatic heterocycles. The van der Waals surface area contributed by atoms with Crippen molar-refractivity contribution in [3.63, 3.8) is 0 Å². The van der Waals surface area contributed by atoms with Gasteiger partial charge in [0.2, 0.25) is 5.91 Å². The number of para-hydroxylation sites is 4. The number of nitrogens with one attached hydrogen (secondary N) is 3. The van der Waals surface area contributed by atoms with Gasteiger partial charge in [-0.2, -0.15) is 0 Å². The number of hydrogen-bond donors (Lipinski definition) is 3. The number of nitrogens with zero attached hydrogens (tertiary/aromatic N) is 1. The number of amides is 1. The average Bonchev–Trinajstić information content (AvgIpc) is 3.38. The van der Waals surface area contributed by atoms with Crippen LogP contribution in [0.2, 0.25) is 0 Å². The Balaban J connectivity index is 1.27. The first-order chi connectivity index (χ1) is 14.8. The van der Waals surface area contributed by atoms with E-state index in [4.69, 9.17) is 0 Å². The molecular weight excluding hydrogens is 372 g/mol. The van der Waals surface area contributed by atoms with Gasteiger partial charge in [0.25, 0.3) is 0 Å². The van der Waals surface area contributed by atoms with Crippen LogP contribution in [0.3, 0.4) is 0 Å². The lowest BCUT2D eigenvalue weighted by Gasteiger charge is -2.09. The molecule has 0 unspecified atom stereocenters. The summed E-state index contributed by atoms with van der Waals surface area (Å²) < 4.78 is 0. The molecule has 3 aromatic carbocycles. The fraction of sp³-hybridized carbons (Fsp3) is 0.120. The molecule has 5 aromatic rings. The maximum absolute atomic E-state index is 12.6. The first kappa shape index (κ1) is 18.2. The Morgan fingerprint density at radius 3 is 2.57 bits per heavy atom. The second-order valence-electron chi connectivity index (χ2n) is 7.41. The SMILES string of the molecule is O=C(CCCc1c[nH]c2ccccc12)Nc1ccccc1-c1nc2ccccc2[nH]1. The van der Waals surface area contributed by atoms with Crippen LogP contribution in [0, 0.1) is 0 Å². The maximum Gasteiger partial charge on any atom is 0.224 e. The highest BCUT2D eigenvalue weighted by atomic mass is 16.1. The molecule has 148 valence electrons. The molecule has 5 rings (SSSR count). The highest BCUT2D eigenvalue weighted by molar-refractivity contribution is 5.95. The molecule has 3 N–H and O–H groups in total. The molecule has 30 heavy (non-hydrogen) atoms. The molecule has 0 aliphatic heterocycles. The highest BCUT2D eigenvalue weighted by Gasteiger charge is 2.12. The quantitative estimate of drug-likeness (QED) is 0.347. The van der Waals surface area contributed by atoms with Crippen molar-refractivity contribution in [2.45, 2.75) is 19.3 Å². The van der Waals surface area contributed by atoms with E-state index in [0.29, 0.717) is 6.42 Å². The van der Waals surface area contributed by atoms with Crippen LogP contribution in [0.5, 0.6) is 0 Å². The summed E-state index contributed by atoms with van der Waals surface area (Å²) in [6, 6.07) is 23.9. The van der Waals surface area contributed by atoms with Gasteiger partial charge in [0.05, 0.1) is 16.7 Å². The Morgan fingerprint density at radius 2 is 1.67 bits per heavy atom. The number of benzene rings is 3. The number of H-pyrrole nitrogens is 2. The van der Waals surface area contributed by atoms with Gasteiger partial charge < -0.3 is 15.3 Å². The summed E-state index contributed by atoms with van der Waals surface area (Å²) in [7, 11) is 0. The summed E-state index contributed by atoms with van der Waals surface area (Å²) in [5, 5.41) is 4.29. The van der Waals surface area contributed by atoms with Crippen molar-refractivity contribution in [3.8, 4) is 11.4 Å². The van der Waals surface area contributed by atoms with E-state index >= 15 is 0 Å². The molecule has 5 heteroatoms. The maximum atomic E-state index is 12.6. The molecule has 0 radical (unpaired) electrons. The second kappa shape index (κ2) is 7.87. The Bertz CT molecular complexity index is 1300. The normalized spacial score (nSPS) is 11.2. The van der Waals surface area contributed by atoms with Crippen molar-refractivity contribution in [1.29, 1.82) is 0 Å². The largest absolute Gasteiger partial charge is 0.361 e. The lowest BCUT2D eigenvalue weighted by Crippen LogP contribution is -2.12. The van der Waals surface area contributed by atoms with E-state index < -0.39 is 0 Å². The topological polar surface area (TPSA) is 73.6 Å². The van der Waals surface area contributed by atoms with Gasteiger partial charge in [-0.25, -0.2) is 4.98 Å². The second-order valence-corrected chi connectivity index (χ2v) is 7.41. The van der Waals surface area contributed by atoms with Gasteiger partial charge in [-0.15, -0.1) is 0 Å². The fourth-order valence-corrected chi connectivity index (χ4v) is 3.87. The van der Waals surface area contributed by atoms with Gasteiger partial charge in [-0.1, -0.05) is 42.5 Å². The molecule has 0 atom stereocenters. The third-order valence-corrected chi connectivity index (χ3v) is 5.37. The van der Waals surface area contributed by atoms with E-state index in [1.165, 1.54) is 10.9 Å². The van der Waals surface area contributed by atoms with Gasteiger partial charge in [0.15, 0.2) is 0 Å². The predicted octanol–water partition coefficient (Wildman–Crippen LogP) is 5.67. The first-order valence-corrected chi connectivity index (χ1v) is 10.2. The number of rotatable bonds is 6. The molecule has 0 spiro atoms. The van der Waals surface area contributed by atoms with Crippen LogP contribution >= 0.6 is 0 Å². The number of aryl methyl sites for hydroxylation is 1. The molecule has 2 heterocycles. The average molecular weight is 394 g/mol. The number of aromatic amines is 2. The van der Waals surface area contributed by atoms with E-state index in [0.717, 1.165) is 46.5 Å². The number of imidazole rings is 1. The smallest absolute Gasteiger partial charge is 0.224 e. The van der Waals surface area contributed by atoms with Crippen LogP contribution in [-0.2, 0) is 11.2 Å². The predicted molar refractivity (Wildman–Crippen MR) is 121 cm³/mol. The Morgan fingerprint density at radius 1 is 0.900 bits per heavy atom. The fourth-order valence-electron chi connectivity index (χ4n) is 3.87. The number of carbonyl (C=O) groups excluding carboxylic acids is 1. The third kappa shape index (κ3) is 3.57. The summed E-state index contributed by atoms with van der Waals surface area (Å²) in [5.41, 5.74) is 5.94. The number of fused-ring (bicyclic) bond motifs is 2. The Kier molecular flexibility index (Phi) is 4.77. The van der Waals surface area contributed by atoms with Crippen LogP contribution in [0.25, 0.3) is 33.3 Å². The molecule has 0 saturated carbocycles. The molecule has 5 nitrogen and oxygen atoms in total. The van der Waals surface area contributed by atoms with Crippen LogP contribution < -0.4 is 5.32 Å². The summed E-state index contributed by atoms with van der Waals surface area (Å²) in [6.45, 7) is 0. The zero-order valence-electron chi connectivity index (χ0n) is 16.5. The van der Waals surface area contributed by atoms with E-state index in [9.17, 15) is 4.79 Å². The molecule has 0 aliphatic carbocycles. The zero-order chi connectivity index (χ0) is 20.3. The van der Waals surface area contributed by atoms with Crippen LogP contribution in [0.15, 0.2) is 79.0 Å². The Hall–Kier alpha value is -3.86. The van der Waals surface area contributed by atoms with Gasteiger partial charge in [-0.05, 0) is 48.7 Å². The van der Waals surface area contributed by atoms with Crippen molar-refractivity contribution < 1.29 is 4.79 Å². The monoisotopic (exact) mass is 394 g/mol. The van der Waals surface area contributed by atoms with E-state index in [-0.39, 0.29) is 5.91 Å². The highest BCUT2D eigenvalue weighted by Crippen LogP contribution is 2.28. The lowest BCUT2D eigenvalue weighted by atomic mass is 10.1. The lowest BCUT2D eigenvalue weighted by molar-refractivity contribution is -0.116. The molecule has 0 bridgehead atoms. The summed E-state index contributed by atoms with van der Waals surface area (Å²) >= 11 is 0. The van der Waals surface area contributed by atoms with E-state index in [1.807, 2.05) is 66.9 Å². The minimum absolute atomic E-state index is 0.0124. The van der Waals surface area contributed by atoms with E-state index in [2.05, 4.69) is 32.4 Å². The minimum atomic E-state index is 0.0124. The van der Waals surface area contributed by atoms with Gasteiger partial charge >= 0.3 is 0 Å². The van der Waals surface area contributed by atoms with Crippen molar-refractivity contribution in [3.05, 3.63) is 84.6 Å². The molecular formula is C25H22N4O. The molecule has 1 amide bonds. The standard InChI is InChI=1S/C25H22N4O/c30-24(15-7-8-17-16-26-20-11-3-1-9-18(17)20)27-21-12-4-2-10-19(21)25-28-22-13-5-6-14-23(22)29-25/h1-6,9-14,16,26H,7-8,15H2,(H,27,30)(H,28,29). The molecule has 0 saturated heterocycles.